The molecular formula is C17H17NO2S. The van der Waals surface area contributed by atoms with Crippen molar-refractivity contribution in [2.45, 2.75) is 29.7 Å². The normalized spacial score (nSPS) is 16.5. The zero-order chi connectivity index (χ0) is 14.7. The van der Waals surface area contributed by atoms with E-state index in [4.69, 9.17) is 5.11 Å². The second kappa shape index (κ2) is 6.33. The van der Waals surface area contributed by atoms with Crippen LogP contribution in [0.4, 0.5) is 0 Å². The predicted octanol–water partition coefficient (Wildman–Crippen LogP) is 2.51. The minimum atomic E-state index is -0.0385. The summed E-state index contributed by atoms with van der Waals surface area (Å²) in [6.07, 6.45) is 0.795. The van der Waals surface area contributed by atoms with E-state index in [0.29, 0.717) is 6.54 Å². The van der Waals surface area contributed by atoms with Gasteiger partial charge in [0.1, 0.15) is 0 Å². The Bertz CT molecular complexity index is 632. The average Bonchev–Trinajstić information content (AvgIpc) is 2.97. The van der Waals surface area contributed by atoms with Crippen LogP contribution < -0.4 is 5.32 Å². The first kappa shape index (κ1) is 14.2. The van der Waals surface area contributed by atoms with Crippen molar-refractivity contribution >= 4 is 17.7 Å². The third-order valence-corrected chi connectivity index (χ3v) is 4.90. The number of aliphatic hydroxyl groups is 1. The number of rotatable bonds is 4. The summed E-state index contributed by atoms with van der Waals surface area (Å²) < 4.78 is 0. The highest BCUT2D eigenvalue weighted by atomic mass is 32.2. The fraction of sp³-hybridized carbons (Fsp3) is 0.235. The fourth-order valence-corrected chi connectivity index (χ4v) is 3.69. The van der Waals surface area contributed by atoms with Gasteiger partial charge in [-0.1, -0.05) is 42.5 Å². The third kappa shape index (κ3) is 3.28. The number of thioether (sulfide) groups is 1. The van der Waals surface area contributed by atoms with Crippen LogP contribution in [-0.4, -0.2) is 16.3 Å². The van der Waals surface area contributed by atoms with Crippen molar-refractivity contribution in [3.8, 4) is 0 Å². The Balaban J connectivity index is 1.58. The molecule has 0 bridgehead atoms. The van der Waals surface area contributed by atoms with Crippen molar-refractivity contribution in [3.05, 3.63) is 65.2 Å². The van der Waals surface area contributed by atoms with E-state index in [9.17, 15) is 4.79 Å². The number of hydrogen-bond donors (Lipinski definition) is 2. The Morgan fingerprint density at radius 3 is 2.81 bits per heavy atom. The molecule has 1 unspecified atom stereocenters. The van der Waals surface area contributed by atoms with E-state index in [2.05, 4.69) is 17.4 Å². The molecule has 0 saturated carbocycles. The summed E-state index contributed by atoms with van der Waals surface area (Å²) in [5, 5.41) is 12.1. The van der Waals surface area contributed by atoms with Gasteiger partial charge in [0, 0.05) is 11.4 Å². The number of aliphatic hydroxyl groups excluding tert-OH is 1. The molecule has 0 radical (unpaired) electrons. The molecule has 2 aromatic carbocycles. The van der Waals surface area contributed by atoms with Crippen molar-refractivity contribution in [1.82, 2.24) is 5.32 Å². The van der Waals surface area contributed by atoms with Crippen molar-refractivity contribution in [2.75, 3.05) is 0 Å². The van der Waals surface area contributed by atoms with Gasteiger partial charge in [-0.25, -0.2) is 0 Å². The summed E-state index contributed by atoms with van der Waals surface area (Å²) in [4.78, 5) is 13.5. The highest BCUT2D eigenvalue weighted by Crippen LogP contribution is 2.36. The standard InChI is InChI=1S/C17H17NO2S/c19-11-13-5-3-4-12(8-13)10-18-17(20)16-9-14-6-1-2-7-15(14)21-16/h1-8,16,19H,9-11H2,(H,18,20). The van der Waals surface area contributed by atoms with E-state index in [1.54, 1.807) is 11.8 Å². The molecule has 0 aliphatic carbocycles. The molecule has 0 saturated heterocycles. The number of amides is 1. The molecule has 4 heteroatoms. The summed E-state index contributed by atoms with van der Waals surface area (Å²) in [5.41, 5.74) is 3.13. The lowest BCUT2D eigenvalue weighted by molar-refractivity contribution is -0.120. The van der Waals surface area contributed by atoms with Crippen LogP contribution in [0.3, 0.4) is 0 Å². The summed E-state index contributed by atoms with van der Waals surface area (Å²) in [7, 11) is 0. The molecule has 2 N–H and O–H groups in total. The maximum atomic E-state index is 12.3. The molecule has 2 aromatic rings. The first-order chi connectivity index (χ1) is 10.3. The minimum absolute atomic E-state index is 0.0234. The second-order valence-electron chi connectivity index (χ2n) is 5.11. The van der Waals surface area contributed by atoms with E-state index < -0.39 is 0 Å². The van der Waals surface area contributed by atoms with E-state index in [0.717, 1.165) is 17.5 Å². The topological polar surface area (TPSA) is 49.3 Å². The Kier molecular flexibility index (Phi) is 4.27. The molecule has 1 amide bonds. The minimum Gasteiger partial charge on any atom is -0.392 e. The zero-order valence-electron chi connectivity index (χ0n) is 11.6. The van der Waals surface area contributed by atoms with Crippen LogP contribution >= 0.6 is 11.8 Å². The van der Waals surface area contributed by atoms with Gasteiger partial charge in [0.25, 0.3) is 0 Å². The number of fused-ring (bicyclic) bond motifs is 1. The molecule has 108 valence electrons. The summed E-state index contributed by atoms with van der Waals surface area (Å²) in [5.74, 6) is 0.0746. The van der Waals surface area contributed by atoms with Crippen LogP contribution in [0.25, 0.3) is 0 Å². The molecule has 0 aromatic heterocycles. The molecule has 3 nitrogen and oxygen atoms in total. The molecule has 1 heterocycles. The summed E-state index contributed by atoms with van der Waals surface area (Å²) in [6, 6.07) is 15.8. The lowest BCUT2D eigenvalue weighted by Gasteiger charge is -2.10. The molecule has 1 aliphatic heterocycles. The SMILES string of the molecule is O=C(NCc1cccc(CO)c1)C1Cc2ccccc2S1. The predicted molar refractivity (Wildman–Crippen MR) is 84.0 cm³/mol. The monoisotopic (exact) mass is 299 g/mol. The highest BCUT2D eigenvalue weighted by Gasteiger charge is 2.27. The van der Waals surface area contributed by atoms with Gasteiger partial charge in [-0.3, -0.25) is 4.79 Å². The van der Waals surface area contributed by atoms with Gasteiger partial charge in [0.2, 0.25) is 5.91 Å². The van der Waals surface area contributed by atoms with Crippen molar-refractivity contribution in [2.24, 2.45) is 0 Å². The smallest absolute Gasteiger partial charge is 0.234 e. The van der Waals surface area contributed by atoms with Gasteiger partial charge in [-0.05, 0) is 29.2 Å². The molecule has 1 atom stereocenters. The van der Waals surface area contributed by atoms with Crippen molar-refractivity contribution in [3.63, 3.8) is 0 Å². The quantitative estimate of drug-likeness (QED) is 0.912. The van der Waals surface area contributed by atoms with E-state index in [1.165, 1.54) is 10.5 Å². The van der Waals surface area contributed by atoms with Gasteiger partial charge in [-0.2, -0.15) is 0 Å². The van der Waals surface area contributed by atoms with E-state index in [-0.39, 0.29) is 17.8 Å². The Morgan fingerprint density at radius 1 is 1.19 bits per heavy atom. The van der Waals surface area contributed by atoms with Gasteiger partial charge >= 0.3 is 0 Å². The number of benzene rings is 2. The van der Waals surface area contributed by atoms with Gasteiger partial charge in [0.15, 0.2) is 0 Å². The first-order valence-electron chi connectivity index (χ1n) is 6.97. The fourth-order valence-electron chi connectivity index (χ4n) is 2.47. The lowest BCUT2D eigenvalue weighted by Crippen LogP contribution is -2.32. The zero-order valence-corrected chi connectivity index (χ0v) is 12.4. The van der Waals surface area contributed by atoms with Crippen molar-refractivity contribution < 1.29 is 9.90 Å². The molecule has 3 rings (SSSR count). The maximum Gasteiger partial charge on any atom is 0.234 e. The largest absolute Gasteiger partial charge is 0.392 e. The van der Waals surface area contributed by atoms with Crippen molar-refractivity contribution in [1.29, 1.82) is 0 Å². The average molecular weight is 299 g/mol. The summed E-state index contributed by atoms with van der Waals surface area (Å²) in [6.45, 7) is 0.523. The van der Waals surface area contributed by atoms with Crippen LogP contribution in [-0.2, 0) is 24.4 Å². The Labute approximate surface area is 128 Å². The van der Waals surface area contributed by atoms with Crippen LogP contribution in [0.15, 0.2) is 53.4 Å². The number of carbonyl (C=O) groups excluding carboxylic acids is 1. The molecule has 0 fully saturated rings. The maximum absolute atomic E-state index is 12.3. The van der Waals surface area contributed by atoms with Crippen LogP contribution in [0, 0.1) is 0 Å². The Hall–Kier alpha value is -1.78. The van der Waals surface area contributed by atoms with Gasteiger partial charge < -0.3 is 10.4 Å². The summed E-state index contributed by atoms with van der Waals surface area (Å²) >= 11 is 1.64. The highest BCUT2D eigenvalue weighted by molar-refractivity contribution is 8.01. The number of hydrogen-bond acceptors (Lipinski definition) is 3. The van der Waals surface area contributed by atoms with Crippen LogP contribution in [0.2, 0.25) is 0 Å². The van der Waals surface area contributed by atoms with Crippen LogP contribution in [0.5, 0.6) is 0 Å². The van der Waals surface area contributed by atoms with Gasteiger partial charge in [-0.15, -0.1) is 11.8 Å². The molecule has 0 spiro atoms. The molecular weight excluding hydrogens is 282 g/mol. The first-order valence-corrected chi connectivity index (χ1v) is 7.85. The van der Waals surface area contributed by atoms with Gasteiger partial charge in [0.05, 0.1) is 11.9 Å². The lowest BCUT2D eigenvalue weighted by atomic mass is 10.1. The number of carbonyl (C=O) groups is 1. The Morgan fingerprint density at radius 2 is 2.00 bits per heavy atom. The number of nitrogens with one attached hydrogen (secondary N) is 1. The second-order valence-corrected chi connectivity index (χ2v) is 6.36. The third-order valence-electron chi connectivity index (χ3n) is 3.58. The molecule has 21 heavy (non-hydrogen) atoms. The van der Waals surface area contributed by atoms with E-state index in [1.807, 2.05) is 36.4 Å². The molecule has 1 aliphatic rings. The van der Waals surface area contributed by atoms with Crippen LogP contribution in [0.1, 0.15) is 16.7 Å². The van der Waals surface area contributed by atoms with E-state index >= 15 is 0 Å².